The molecule has 0 saturated carbocycles. The Bertz CT molecular complexity index is 1020. The molecule has 0 spiro atoms. The van der Waals surface area contributed by atoms with E-state index in [1.165, 1.54) is 22.3 Å². The summed E-state index contributed by atoms with van der Waals surface area (Å²) in [6.45, 7) is 2.11. The van der Waals surface area contributed by atoms with Crippen LogP contribution < -0.4 is 5.32 Å². The second-order valence-corrected chi connectivity index (χ2v) is 6.48. The van der Waals surface area contributed by atoms with Crippen molar-refractivity contribution in [3.8, 4) is 23.5 Å². The summed E-state index contributed by atoms with van der Waals surface area (Å²) in [5.41, 5.74) is 6.22. The highest BCUT2D eigenvalue weighted by atomic mass is 16.5. The van der Waals surface area contributed by atoms with Gasteiger partial charge in [-0.1, -0.05) is 54.5 Å². The van der Waals surface area contributed by atoms with Crippen LogP contribution in [0.4, 0.5) is 10.6 Å². The highest BCUT2D eigenvalue weighted by Gasteiger charge is 2.29. The molecule has 1 aliphatic carbocycles. The predicted octanol–water partition coefficient (Wildman–Crippen LogP) is 4.73. The molecule has 27 heavy (non-hydrogen) atoms. The van der Waals surface area contributed by atoms with Gasteiger partial charge >= 0.3 is 6.09 Å². The van der Waals surface area contributed by atoms with Crippen LogP contribution in [0.25, 0.3) is 11.1 Å². The van der Waals surface area contributed by atoms with Crippen LogP contribution in [0, 0.1) is 19.3 Å². The maximum Gasteiger partial charge on any atom is 0.412 e. The zero-order chi connectivity index (χ0) is 18.8. The highest BCUT2D eigenvalue weighted by molar-refractivity contribution is 5.84. The second-order valence-electron chi connectivity index (χ2n) is 6.48. The number of rotatable bonds is 3. The molecule has 0 unspecified atom stereocenters. The fourth-order valence-corrected chi connectivity index (χ4v) is 3.52. The number of anilines is 1. The molecule has 3 aromatic rings. The number of hydrogen-bond donors (Lipinski definition) is 1. The Kier molecular flexibility index (Phi) is 4.35. The van der Waals surface area contributed by atoms with Gasteiger partial charge in [0.25, 0.3) is 0 Å². The van der Waals surface area contributed by atoms with Crippen LogP contribution in [0.3, 0.4) is 0 Å². The molecule has 4 rings (SSSR count). The summed E-state index contributed by atoms with van der Waals surface area (Å²) in [6.07, 6.45) is 6.38. The third kappa shape index (κ3) is 3.16. The Morgan fingerprint density at radius 3 is 2.37 bits per heavy atom. The lowest BCUT2D eigenvalue weighted by atomic mass is 9.98. The fourth-order valence-electron chi connectivity index (χ4n) is 3.52. The van der Waals surface area contributed by atoms with Gasteiger partial charge in [0.2, 0.25) is 0 Å². The Hall–Kier alpha value is -3.58. The van der Waals surface area contributed by atoms with Crippen LogP contribution in [0.2, 0.25) is 0 Å². The van der Waals surface area contributed by atoms with E-state index in [2.05, 4.69) is 40.5 Å². The van der Waals surface area contributed by atoms with Crippen LogP contribution in [-0.2, 0) is 4.74 Å². The molecule has 1 N–H and O–H groups in total. The maximum atomic E-state index is 12.3. The molecule has 4 nitrogen and oxygen atoms in total. The van der Waals surface area contributed by atoms with Crippen molar-refractivity contribution in [2.24, 2.45) is 0 Å². The SMILES string of the molecule is C#Cc1cnc(NC(=O)OCC2c3ccccc3-c3ccccc32)c(C)c1. The number of carbonyl (C=O) groups is 1. The fraction of sp³-hybridized carbons (Fsp3) is 0.130. The van der Waals surface area contributed by atoms with Gasteiger partial charge in [-0.2, -0.15) is 0 Å². The number of aromatic nitrogens is 1. The first-order valence-electron chi connectivity index (χ1n) is 8.72. The number of nitrogens with one attached hydrogen (secondary N) is 1. The van der Waals surface area contributed by atoms with Crippen LogP contribution in [0.1, 0.15) is 28.2 Å². The first kappa shape index (κ1) is 16.9. The minimum Gasteiger partial charge on any atom is -0.448 e. The van der Waals surface area contributed by atoms with Gasteiger partial charge in [-0.05, 0) is 40.8 Å². The van der Waals surface area contributed by atoms with Crippen LogP contribution >= 0.6 is 0 Å². The molecular formula is C23H18N2O2. The van der Waals surface area contributed by atoms with Crippen molar-refractivity contribution in [1.82, 2.24) is 4.98 Å². The Morgan fingerprint density at radius 1 is 1.15 bits per heavy atom. The number of ether oxygens (including phenoxy) is 1. The van der Waals surface area contributed by atoms with Crippen molar-refractivity contribution in [2.45, 2.75) is 12.8 Å². The van der Waals surface area contributed by atoms with Crippen LogP contribution in [-0.4, -0.2) is 17.7 Å². The van der Waals surface area contributed by atoms with E-state index in [4.69, 9.17) is 11.2 Å². The van der Waals surface area contributed by atoms with Gasteiger partial charge in [0.15, 0.2) is 0 Å². The number of benzene rings is 2. The lowest BCUT2D eigenvalue weighted by molar-refractivity contribution is 0.158. The first-order chi connectivity index (χ1) is 13.2. The van der Waals surface area contributed by atoms with Gasteiger partial charge in [0, 0.05) is 17.7 Å². The summed E-state index contributed by atoms with van der Waals surface area (Å²) in [6, 6.07) is 18.3. The predicted molar refractivity (Wildman–Crippen MR) is 106 cm³/mol. The molecule has 0 aliphatic heterocycles. The molecule has 4 heteroatoms. The largest absolute Gasteiger partial charge is 0.448 e. The van der Waals surface area contributed by atoms with E-state index in [1.807, 2.05) is 31.2 Å². The number of amides is 1. The van der Waals surface area contributed by atoms with Gasteiger partial charge in [-0.25, -0.2) is 9.78 Å². The van der Waals surface area contributed by atoms with E-state index in [-0.39, 0.29) is 12.5 Å². The van der Waals surface area contributed by atoms with Crippen LogP contribution in [0.15, 0.2) is 60.8 Å². The quantitative estimate of drug-likeness (QED) is 0.692. The third-order valence-electron chi connectivity index (χ3n) is 4.81. The van der Waals surface area contributed by atoms with Crippen molar-refractivity contribution in [1.29, 1.82) is 0 Å². The highest BCUT2D eigenvalue weighted by Crippen LogP contribution is 2.44. The van der Waals surface area contributed by atoms with E-state index < -0.39 is 6.09 Å². The summed E-state index contributed by atoms with van der Waals surface area (Å²) in [4.78, 5) is 16.5. The van der Waals surface area contributed by atoms with E-state index in [0.717, 1.165) is 5.56 Å². The van der Waals surface area contributed by atoms with Crippen molar-refractivity contribution in [2.75, 3.05) is 11.9 Å². The number of carbonyl (C=O) groups excluding carboxylic acids is 1. The number of nitrogens with zero attached hydrogens (tertiary/aromatic N) is 1. The Balaban J connectivity index is 1.49. The van der Waals surface area contributed by atoms with Crippen molar-refractivity contribution in [3.63, 3.8) is 0 Å². The monoisotopic (exact) mass is 354 g/mol. The van der Waals surface area contributed by atoms with Crippen LogP contribution in [0.5, 0.6) is 0 Å². The molecular weight excluding hydrogens is 336 g/mol. The standard InChI is InChI=1S/C23H18N2O2/c1-3-16-12-15(2)22(24-13-16)25-23(26)27-14-21-19-10-6-4-8-17(19)18-9-5-7-11-20(18)21/h1,4-13,21H,14H2,2H3,(H,24,25,26). The van der Waals surface area contributed by atoms with Gasteiger partial charge in [0.05, 0.1) is 0 Å². The molecule has 0 saturated heterocycles. The van der Waals surface area contributed by atoms with E-state index in [0.29, 0.717) is 11.4 Å². The summed E-state index contributed by atoms with van der Waals surface area (Å²) < 4.78 is 5.52. The van der Waals surface area contributed by atoms with Gasteiger partial charge in [0.1, 0.15) is 12.4 Å². The van der Waals surface area contributed by atoms with Crippen molar-refractivity contribution in [3.05, 3.63) is 83.0 Å². The number of hydrogen-bond acceptors (Lipinski definition) is 3. The summed E-state index contributed by atoms with van der Waals surface area (Å²) in [7, 11) is 0. The number of terminal acetylenes is 1. The minimum absolute atomic E-state index is 0.0287. The normalized spacial score (nSPS) is 12.0. The molecule has 1 amide bonds. The average Bonchev–Trinajstić information content (AvgIpc) is 3.02. The van der Waals surface area contributed by atoms with Crippen molar-refractivity contribution < 1.29 is 9.53 Å². The summed E-state index contributed by atoms with van der Waals surface area (Å²) in [5.74, 6) is 3.00. The first-order valence-corrected chi connectivity index (χ1v) is 8.72. The Morgan fingerprint density at radius 2 is 1.78 bits per heavy atom. The smallest absolute Gasteiger partial charge is 0.412 e. The zero-order valence-electron chi connectivity index (χ0n) is 14.9. The zero-order valence-corrected chi connectivity index (χ0v) is 14.9. The lowest BCUT2D eigenvalue weighted by Gasteiger charge is -2.15. The molecule has 0 fully saturated rings. The topological polar surface area (TPSA) is 51.2 Å². The minimum atomic E-state index is -0.527. The van der Waals surface area contributed by atoms with Crippen molar-refractivity contribution >= 4 is 11.9 Å². The second kappa shape index (κ2) is 6.97. The maximum absolute atomic E-state index is 12.3. The lowest BCUT2D eigenvalue weighted by Crippen LogP contribution is -2.19. The van der Waals surface area contributed by atoms with E-state index in [9.17, 15) is 4.79 Å². The van der Waals surface area contributed by atoms with E-state index in [1.54, 1.807) is 12.3 Å². The molecule has 0 radical (unpaired) electrons. The van der Waals surface area contributed by atoms with E-state index >= 15 is 0 Å². The Labute approximate surface area is 158 Å². The number of aryl methyl sites for hydroxylation is 1. The number of pyridine rings is 1. The molecule has 2 aromatic carbocycles. The summed E-state index contributed by atoms with van der Waals surface area (Å²) >= 11 is 0. The molecule has 0 atom stereocenters. The van der Waals surface area contributed by atoms with Gasteiger partial charge in [-0.3, -0.25) is 5.32 Å². The molecule has 132 valence electrons. The molecule has 1 aromatic heterocycles. The molecule has 0 bridgehead atoms. The average molecular weight is 354 g/mol. The summed E-state index contributed by atoms with van der Waals surface area (Å²) in [5, 5.41) is 2.69. The van der Waals surface area contributed by atoms with Gasteiger partial charge in [-0.15, -0.1) is 6.42 Å². The van der Waals surface area contributed by atoms with Gasteiger partial charge < -0.3 is 4.74 Å². The third-order valence-corrected chi connectivity index (χ3v) is 4.81. The molecule has 1 heterocycles. The molecule has 1 aliphatic rings. The number of fused-ring (bicyclic) bond motifs is 3.